The van der Waals surface area contributed by atoms with Crippen LogP contribution in [0.2, 0.25) is 0 Å². The van der Waals surface area contributed by atoms with Gasteiger partial charge in [-0.05, 0) is 47.8 Å². The lowest BCUT2D eigenvalue weighted by atomic mass is 10.0. The van der Waals surface area contributed by atoms with Crippen molar-refractivity contribution in [2.45, 2.75) is 62.3 Å². The van der Waals surface area contributed by atoms with Gasteiger partial charge >= 0.3 is 11.9 Å². The van der Waals surface area contributed by atoms with Crippen molar-refractivity contribution in [2.24, 2.45) is 11.5 Å². The molecule has 18 heteroatoms. The Morgan fingerprint density at radius 2 is 1.33 bits per heavy atom. The van der Waals surface area contributed by atoms with E-state index in [0.29, 0.717) is 16.9 Å². The number of thioether (sulfide) groups is 1. The van der Waals surface area contributed by atoms with Crippen LogP contribution < -0.4 is 32.7 Å². The molecule has 0 radical (unpaired) electrons. The zero-order valence-electron chi connectivity index (χ0n) is 27.6. The molecule has 0 aliphatic rings. The molecule has 0 saturated heterocycles. The van der Waals surface area contributed by atoms with E-state index in [9.17, 15) is 43.8 Å². The second kappa shape index (κ2) is 19.0. The number of aliphatic carboxylic acids is 2. The minimum atomic E-state index is -1.77. The van der Waals surface area contributed by atoms with Gasteiger partial charge in [0.25, 0.3) is 0 Å². The fourth-order valence-electron chi connectivity index (χ4n) is 5.09. The first-order valence-electron chi connectivity index (χ1n) is 15.7. The van der Waals surface area contributed by atoms with E-state index in [1.54, 1.807) is 30.7 Å². The number of aromatic hydroxyl groups is 1. The predicted molar refractivity (Wildman–Crippen MR) is 186 cm³/mol. The largest absolute Gasteiger partial charge is 0.508 e. The summed E-state index contributed by atoms with van der Waals surface area (Å²) in [4.78, 5) is 91.3. The Morgan fingerprint density at radius 3 is 1.94 bits per heavy atom. The third kappa shape index (κ3) is 12.3. The number of nitrogens with two attached hydrogens (primary N) is 2. The Kier molecular flexibility index (Phi) is 14.8. The summed E-state index contributed by atoms with van der Waals surface area (Å²) >= 11 is 1.34. The molecule has 3 aromatic rings. The SMILES string of the molecule is CSCC[C@H](NC(=O)[C@H](Cc1c[nH]c2ccccc12)NC(=O)[C@H](Cc1ccc(O)cc1)NC(=O)[C@@H](N)CC(N)=O)C(=O)N[C@@H](CC(=O)O)C(=O)O. The first kappa shape index (κ1) is 39.8. The minimum Gasteiger partial charge on any atom is -0.508 e. The molecular formula is C33H41N7O10S. The number of aromatic amines is 1. The number of H-pyrrole nitrogens is 1. The van der Waals surface area contributed by atoms with Crippen LogP contribution in [0.1, 0.15) is 30.4 Å². The van der Waals surface area contributed by atoms with E-state index in [-0.39, 0.29) is 25.0 Å². The number of amides is 5. The third-order valence-corrected chi connectivity index (χ3v) is 8.38. The molecule has 0 saturated carbocycles. The van der Waals surface area contributed by atoms with Crippen LogP contribution >= 0.6 is 11.8 Å². The molecule has 274 valence electrons. The first-order chi connectivity index (χ1) is 24.2. The monoisotopic (exact) mass is 727 g/mol. The number of benzene rings is 2. The van der Waals surface area contributed by atoms with E-state index in [0.717, 1.165) is 10.9 Å². The first-order valence-corrected chi connectivity index (χ1v) is 17.1. The van der Waals surface area contributed by atoms with Crippen LogP contribution in [-0.4, -0.2) is 104 Å². The highest BCUT2D eigenvalue weighted by Crippen LogP contribution is 2.20. The maximum absolute atomic E-state index is 14.0. The van der Waals surface area contributed by atoms with E-state index in [2.05, 4.69) is 26.3 Å². The van der Waals surface area contributed by atoms with Gasteiger partial charge in [-0.3, -0.25) is 28.8 Å². The summed E-state index contributed by atoms with van der Waals surface area (Å²) < 4.78 is 0. The summed E-state index contributed by atoms with van der Waals surface area (Å²) in [5, 5.41) is 38.9. The lowest BCUT2D eigenvalue weighted by Gasteiger charge is -2.26. The Labute approximate surface area is 296 Å². The van der Waals surface area contributed by atoms with Crippen molar-refractivity contribution >= 4 is 64.1 Å². The van der Waals surface area contributed by atoms with E-state index >= 15 is 0 Å². The van der Waals surface area contributed by atoms with Crippen molar-refractivity contribution in [2.75, 3.05) is 12.0 Å². The Hall–Kier alpha value is -5.62. The number of nitrogens with one attached hydrogen (secondary N) is 5. The zero-order chi connectivity index (χ0) is 37.7. The Morgan fingerprint density at radius 1 is 0.765 bits per heavy atom. The normalized spacial score (nSPS) is 13.9. The van der Waals surface area contributed by atoms with Crippen LogP contribution in [0.15, 0.2) is 54.7 Å². The molecule has 12 N–H and O–H groups in total. The molecule has 1 heterocycles. The van der Waals surface area contributed by atoms with Crippen LogP contribution in [0, 0.1) is 0 Å². The number of hydrogen-bond donors (Lipinski definition) is 10. The molecule has 0 bridgehead atoms. The van der Waals surface area contributed by atoms with Gasteiger partial charge in [0.2, 0.25) is 29.5 Å². The summed E-state index contributed by atoms with van der Waals surface area (Å²) in [5.74, 6) is -7.05. The molecule has 0 unspecified atom stereocenters. The lowest BCUT2D eigenvalue weighted by Crippen LogP contribution is -2.59. The van der Waals surface area contributed by atoms with E-state index < -0.39 is 84.5 Å². The summed E-state index contributed by atoms with van der Waals surface area (Å²) in [6, 6.07) is 5.81. The van der Waals surface area contributed by atoms with Gasteiger partial charge in [0, 0.05) is 29.9 Å². The molecule has 5 atom stereocenters. The number of carbonyl (C=O) groups is 7. The standard InChI is InChI=1S/C33H41N7O10S/c1-51-11-10-23(30(46)40-26(33(49)50)15-28(43)44)37-32(48)25(13-18-16-36-22-5-3-2-4-20(18)22)39-31(47)24(12-17-6-8-19(41)9-7-17)38-29(45)21(34)14-27(35)42/h2-9,16,21,23-26,36,41H,10-15,34H2,1H3,(H2,35,42)(H,37,48)(H,38,45)(H,39,47)(H,40,46)(H,43,44)(H,49,50)/t21-,23-,24-,25-,26-/m0/s1. The van der Waals surface area contributed by atoms with Crippen molar-refractivity contribution < 1.29 is 48.9 Å². The molecule has 5 amide bonds. The van der Waals surface area contributed by atoms with Crippen molar-refractivity contribution in [3.05, 3.63) is 65.9 Å². The number of carbonyl (C=O) groups excluding carboxylic acids is 5. The summed E-state index contributed by atoms with van der Waals surface area (Å²) in [6.07, 6.45) is 1.80. The highest BCUT2D eigenvalue weighted by molar-refractivity contribution is 7.98. The minimum absolute atomic E-state index is 0.0309. The number of phenolic OH excluding ortho intramolecular Hbond substituents is 1. The molecule has 0 spiro atoms. The zero-order valence-corrected chi connectivity index (χ0v) is 28.4. The molecule has 2 aromatic carbocycles. The average molecular weight is 728 g/mol. The molecule has 3 rings (SSSR count). The summed E-state index contributed by atoms with van der Waals surface area (Å²) in [6.45, 7) is 0. The van der Waals surface area contributed by atoms with Crippen LogP contribution in [0.25, 0.3) is 10.9 Å². The van der Waals surface area contributed by atoms with Gasteiger partial charge < -0.3 is 53.0 Å². The number of phenols is 1. The predicted octanol–water partition coefficient (Wildman–Crippen LogP) is -0.887. The number of para-hydroxylation sites is 1. The van der Waals surface area contributed by atoms with Gasteiger partial charge in [-0.1, -0.05) is 30.3 Å². The number of rotatable bonds is 20. The quantitative estimate of drug-likeness (QED) is 0.0678. The number of aromatic nitrogens is 1. The van der Waals surface area contributed by atoms with Gasteiger partial charge in [0.1, 0.15) is 29.9 Å². The Balaban J connectivity index is 1.95. The second-order valence-electron chi connectivity index (χ2n) is 11.7. The molecular weight excluding hydrogens is 686 g/mol. The van der Waals surface area contributed by atoms with E-state index in [1.165, 1.54) is 36.0 Å². The molecule has 1 aromatic heterocycles. The highest BCUT2D eigenvalue weighted by atomic mass is 32.2. The molecule has 51 heavy (non-hydrogen) atoms. The average Bonchev–Trinajstić information content (AvgIpc) is 3.48. The van der Waals surface area contributed by atoms with Crippen molar-refractivity contribution in [3.8, 4) is 5.75 Å². The van der Waals surface area contributed by atoms with Crippen LogP contribution in [0.4, 0.5) is 0 Å². The molecule has 17 nitrogen and oxygen atoms in total. The number of carboxylic acids is 2. The summed E-state index contributed by atoms with van der Waals surface area (Å²) in [7, 11) is 0. The number of carboxylic acid groups (broad SMARTS) is 2. The number of fused-ring (bicyclic) bond motifs is 1. The van der Waals surface area contributed by atoms with Gasteiger partial charge in [-0.15, -0.1) is 0 Å². The van der Waals surface area contributed by atoms with Crippen molar-refractivity contribution in [1.82, 2.24) is 26.3 Å². The lowest BCUT2D eigenvalue weighted by molar-refractivity contribution is -0.147. The Bertz CT molecular complexity index is 1730. The molecule has 0 aliphatic heterocycles. The van der Waals surface area contributed by atoms with Crippen LogP contribution in [0.5, 0.6) is 5.75 Å². The third-order valence-electron chi connectivity index (χ3n) is 7.74. The maximum Gasteiger partial charge on any atom is 0.326 e. The van der Waals surface area contributed by atoms with Crippen LogP contribution in [0.3, 0.4) is 0 Å². The van der Waals surface area contributed by atoms with Gasteiger partial charge in [0.15, 0.2) is 0 Å². The van der Waals surface area contributed by atoms with Crippen molar-refractivity contribution in [3.63, 3.8) is 0 Å². The van der Waals surface area contributed by atoms with Gasteiger partial charge in [-0.2, -0.15) is 11.8 Å². The fraction of sp³-hybridized carbons (Fsp3) is 0.364. The topological polar surface area (TPSA) is 296 Å². The van der Waals surface area contributed by atoms with Gasteiger partial charge in [-0.25, -0.2) is 4.79 Å². The van der Waals surface area contributed by atoms with E-state index in [1.807, 2.05) is 6.07 Å². The van der Waals surface area contributed by atoms with Crippen molar-refractivity contribution in [1.29, 1.82) is 0 Å². The maximum atomic E-state index is 14.0. The smallest absolute Gasteiger partial charge is 0.326 e. The summed E-state index contributed by atoms with van der Waals surface area (Å²) in [5.41, 5.74) is 12.9. The van der Waals surface area contributed by atoms with E-state index in [4.69, 9.17) is 16.6 Å². The van der Waals surface area contributed by atoms with Crippen LogP contribution in [-0.2, 0) is 46.4 Å². The second-order valence-corrected chi connectivity index (χ2v) is 12.7. The molecule has 0 fully saturated rings. The molecule has 0 aliphatic carbocycles. The highest BCUT2D eigenvalue weighted by Gasteiger charge is 2.33. The van der Waals surface area contributed by atoms with Gasteiger partial charge in [0.05, 0.1) is 18.9 Å². The number of primary amides is 1. The fourth-order valence-corrected chi connectivity index (χ4v) is 5.56. The number of hydrogen-bond acceptors (Lipinski definition) is 10.